The minimum atomic E-state index is -3.11. The van der Waals surface area contributed by atoms with Gasteiger partial charge in [0.25, 0.3) is 11.8 Å². The topological polar surface area (TPSA) is 94.0 Å². The summed E-state index contributed by atoms with van der Waals surface area (Å²) in [5.74, 6) is -3.33. The highest BCUT2D eigenvalue weighted by molar-refractivity contribution is 5.94. The Morgan fingerprint density at radius 2 is 2.05 bits per heavy atom. The summed E-state index contributed by atoms with van der Waals surface area (Å²) >= 11 is 0. The van der Waals surface area contributed by atoms with Crippen LogP contribution in [0.15, 0.2) is 35.2 Å². The monoisotopic (exact) mass is 282 g/mol. The van der Waals surface area contributed by atoms with Crippen LogP contribution in [0.2, 0.25) is 0 Å². The zero-order valence-corrected chi connectivity index (χ0v) is 10.3. The van der Waals surface area contributed by atoms with Crippen molar-refractivity contribution in [2.75, 3.05) is 13.1 Å². The highest BCUT2D eigenvalue weighted by Crippen LogP contribution is 2.15. The minimum absolute atomic E-state index is 0.255. The van der Waals surface area contributed by atoms with Crippen molar-refractivity contribution in [3.05, 3.63) is 36.2 Å². The number of hydrogen-bond acceptors (Lipinski definition) is 5. The van der Waals surface area contributed by atoms with Gasteiger partial charge in [-0.05, 0) is 12.1 Å². The summed E-state index contributed by atoms with van der Waals surface area (Å²) in [5.41, 5.74) is 5.79. The van der Waals surface area contributed by atoms with Crippen LogP contribution in [0, 0.1) is 0 Å². The van der Waals surface area contributed by atoms with E-state index in [2.05, 4.69) is 20.0 Å². The Morgan fingerprint density at radius 1 is 1.35 bits per heavy atom. The number of benzene rings is 1. The molecule has 1 heterocycles. The summed E-state index contributed by atoms with van der Waals surface area (Å²) < 4.78 is 30.4. The molecule has 0 fully saturated rings. The van der Waals surface area contributed by atoms with E-state index < -0.39 is 24.9 Å². The molecule has 0 aliphatic heterocycles. The maximum Gasteiger partial charge on any atom is 0.277 e. The van der Waals surface area contributed by atoms with Gasteiger partial charge in [-0.25, -0.2) is 8.78 Å². The van der Waals surface area contributed by atoms with E-state index in [4.69, 9.17) is 5.73 Å². The zero-order chi connectivity index (χ0) is 14.6. The van der Waals surface area contributed by atoms with Gasteiger partial charge in [-0.3, -0.25) is 4.79 Å². The van der Waals surface area contributed by atoms with E-state index in [1.807, 2.05) is 0 Å². The van der Waals surface area contributed by atoms with E-state index in [0.29, 0.717) is 11.4 Å². The van der Waals surface area contributed by atoms with Crippen molar-refractivity contribution in [1.82, 2.24) is 15.5 Å². The number of alkyl halides is 2. The first-order valence-corrected chi connectivity index (χ1v) is 5.75. The fraction of sp³-hybridized carbons (Fsp3) is 0.250. The average Bonchev–Trinajstić information content (AvgIpc) is 2.99. The molecule has 0 unspecified atom stereocenters. The van der Waals surface area contributed by atoms with E-state index in [0.717, 1.165) is 0 Å². The summed E-state index contributed by atoms with van der Waals surface area (Å²) in [6.07, 6.45) is 1.19. The second-order valence-electron chi connectivity index (χ2n) is 4.07. The Hall–Kier alpha value is -2.35. The number of nitrogens with two attached hydrogens (primary N) is 1. The van der Waals surface area contributed by atoms with Crippen molar-refractivity contribution in [2.24, 2.45) is 5.73 Å². The van der Waals surface area contributed by atoms with E-state index in [1.165, 1.54) is 18.5 Å². The van der Waals surface area contributed by atoms with Gasteiger partial charge in [0.05, 0.1) is 13.1 Å². The van der Waals surface area contributed by atoms with Crippen molar-refractivity contribution < 1.29 is 18.1 Å². The van der Waals surface area contributed by atoms with Gasteiger partial charge in [-0.2, -0.15) is 4.98 Å². The normalized spacial score (nSPS) is 11.3. The largest absolute Gasteiger partial charge is 0.346 e. The molecule has 106 valence electrons. The number of aromatic nitrogens is 2. The summed E-state index contributed by atoms with van der Waals surface area (Å²) in [6.45, 7) is -1.61. The maximum absolute atomic E-state index is 12.9. The highest BCUT2D eigenvalue weighted by atomic mass is 19.3. The molecular formula is C12H12F2N4O2. The van der Waals surface area contributed by atoms with Crippen LogP contribution in [0.5, 0.6) is 0 Å². The number of hydrogen-bond donors (Lipinski definition) is 2. The third-order valence-corrected chi connectivity index (χ3v) is 2.57. The predicted octanol–water partition coefficient (Wildman–Crippen LogP) is 1.06. The van der Waals surface area contributed by atoms with Crippen LogP contribution < -0.4 is 11.1 Å². The van der Waals surface area contributed by atoms with Gasteiger partial charge in [0.2, 0.25) is 12.2 Å². The molecule has 2 rings (SSSR count). The van der Waals surface area contributed by atoms with Crippen molar-refractivity contribution in [1.29, 1.82) is 0 Å². The summed E-state index contributed by atoms with van der Waals surface area (Å²) in [7, 11) is 0. The van der Waals surface area contributed by atoms with E-state index in [-0.39, 0.29) is 5.56 Å². The first-order valence-electron chi connectivity index (χ1n) is 5.75. The Bertz CT molecular complexity index is 570. The van der Waals surface area contributed by atoms with Crippen molar-refractivity contribution >= 4 is 5.91 Å². The van der Waals surface area contributed by atoms with E-state index in [9.17, 15) is 13.6 Å². The van der Waals surface area contributed by atoms with Crippen LogP contribution in [-0.2, 0) is 0 Å². The molecule has 1 aromatic carbocycles. The Balaban J connectivity index is 2.01. The smallest absolute Gasteiger partial charge is 0.277 e. The Kier molecular flexibility index (Phi) is 4.04. The molecule has 1 aromatic heterocycles. The van der Waals surface area contributed by atoms with Crippen LogP contribution in [0.4, 0.5) is 8.78 Å². The van der Waals surface area contributed by atoms with Crippen molar-refractivity contribution in [3.8, 4) is 11.4 Å². The second kappa shape index (κ2) is 5.74. The lowest BCUT2D eigenvalue weighted by Gasteiger charge is -2.14. The fourth-order valence-electron chi connectivity index (χ4n) is 1.45. The van der Waals surface area contributed by atoms with Crippen LogP contribution in [0.1, 0.15) is 10.4 Å². The van der Waals surface area contributed by atoms with Crippen LogP contribution in [0.25, 0.3) is 11.4 Å². The van der Waals surface area contributed by atoms with Gasteiger partial charge in [-0.1, -0.05) is 17.3 Å². The molecule has 2 aromatic rings. The molecule has 1 amide bonds. The zero-order valence-electron chi connectivity index (χ0n) is 10.3. The van der Waals surface area contributed by atoms with Crippen LogP contribution in [0.3, 0.4) is 0 Å². The quantitative estimate of drug-likeness (QED) is 0.855. The molecule has 8 heteroatoms. The molecular weight excluding hydrogens is 270 g/mol. The number of halogens is 2. The molecule has 0 saturated carbocycles. The standard InChI is InChI=1S/C12H12F2N4O2/c13-12(14,5-15)6-16-11(19)9-3-1-8(2-4-9)10-17-7-20-18-10/h1-4,7H,5-6,15H2,(H,16,19). The van der Waals surface area contributed by atoms with Gasteiger partial charge < -0.3 is 15.6 Å². The minimum Gasteiger partial charge on any atom is -0.346 e. The van der Waals surface area contributed by atoms with E-state index >= 15 is 0 Å². The van der Waals surface area contributed by atoms with Crippen molar-refractivity contribution in [2.45, 2.75) is 5.92 Å². The molecule has 3 N–H and O–H groups in total. The SMILES string of the molecule is NCC(F)(F)CNC(=O)c1ccc(-c2ncon2)cc1. The third-order valence-electron chi connectivity index (χ3n) is 2.57. The number of nitrogens with zero attached hydrogens (tertiary/aromatic N) is 2. The van der Waals surface area contributed by atoms with Gasteiger partial charge in [0, 0.05) is 11.1 Å². The molecule has 0 radical (unpaired) electrons. The lowest BCUT2D eigenvalue weighted by atomic mass is 10.1. The first kappa shape index (κ1) is 14.1. The van der Waals surface area contributed by atoms with Gasteiger partial charge in [0.15, 0.2) is 0 Å². The van der Waals surface area contributed by atoms with Crippen LogP contribution >= 0.6 is 0 Å². The number of rotatable bonds is 5. The second-order valence-corrected chi connectivity index (χ2v) is 4.07. The lowest BCUT2D eigenvalue weighted by Crippen LogP contribution is -2.41. The van der Waals surface area contributed by atoms with E-state index in [1.54, 1.807) is 12.1 Å². The van der Waals surface area contributed by atoms with Gasteiger partial charge in [0.1, 0.15) is 0 Å². The average molecular weight is 282 g/mol. The molecule has 0 saturated heterocycles. The number of carbonyl (C=O) groups is 1. The highest BCUT2D eigenvalue weighted by Gasteiger charge is 2.27. The summed E-state index contributed by atoms with van der Waals surface area (Å²) in [4.78, 5) is 15.5. The lowest BCUT2D eigenvalue weighted by molar-refractivity contribution is 0.0118. The molecule has 0 spiro atoms. The number of nitrogens with one attached hydrogen (secondary N) is 1. The third kappa shape index (κ3) is 3.35. The molecule has 0 aliphatic carbocycles. The molecule has 20 heavy (non-hydrogen) atoms. The summed E-state index contributed by atoms with van der Waals surface area (Å²) in [6, 6.07) is 6.17. The first-order chi connectivity index (χ1) is 9.52. The Morgan fingerprint density at radius 3 is 2.60 bits per heavy atom. The molecule has 0 atom stereocenters. The summed E-state index contributed by atoms with van der Waals surface area (Å²) in [5, 5.41) is 5.77. The van der Waals surface area contributed by atoms with Crippen LogP contribution in [-0.4, -0.2) is 35.1 Å². The maximum atomic E-state index is 12.9. The van der Waals surface area contributed by atoms with Crippen molar-refractivity contribution in [3.63, 3.8) is 0 Å². The molecule has 0 aliphatic rings. The Labute approximate surface area is 113 Å². The van der Waals surface area contributed by atoms with Gasteiger partial charge >= 0.3 is 0 Å². The van der Waals surface area contributed by atoms with Gasteiger partial charge in [-0.15, -0.1) is 0 Å². The number of carbonyl (C=O) groups excluding carboxylic acids is 1. The predicted molar refractivity (Wildman–Crippen MR) is 66.1 cm³/mol. The molecule has 0 bridgehead atoms. The fourth-order valence-corrected chi connectivity index (χ4v) is 1.45. The molecule has 6 nitrogen and oxygen atoms in total. The number of amides is 1.